The molecule has 0 bridgehead atoms. The molecule has 1 aliphatic rings. The van der Waals surface area contributed by atoms with E-state index in [4.69, 9.17) is 11.6 Å². The summed E-state index contributed by atoms with van der Waals surface area (Å²) in [6.07, 6.45) is 4.13. The summed E-state index contributed by atoms with van der Waals surface area (Å²) in [6, 6.07) is 30.6. The molecule has 1 fully saturated rings. The largest absolute Gasteiger partial charge is 0.352 e. The first-order valence-electron chi connectivity index (χ1n) is 14.9. The number of anilines is 1. The molecule has 1 atom stereocenters. The summed E-state index contributed by atoms with van der Waals surface area (Å²) in [7, 11) is -4.18. The zero-order valence-corrected chi connectivity index (χ0v) is 27.8. The smallest absolute Gasteiger partial charge is 0.264 e. The molecule has 0 aliphatic heterocycles. The number of nitrogens with zero attached hydrogens (tertiary/aromatic N) is 2. The predicted molar refractivity (Wildman–Crippen MR) is 181 cm³/mol. The molecule has 1 N–H and O–H groups in total. The van der Waals surface area contributed by atoms with Gasteiger partial charge < -0.3 is 10.2 Å². The maximum absolute atomic E-state index is 14.5. The van der Waals surface area contributed by atoms with E-state index in [0.717, 1.165) is 45.6 Å². The molecule has 0 radical (unpaired) electrons. The Morgan fingerprint density at radius 1 is 0.844 bits per heavy atom. The summed E-state index contributed by atoms with van der Waals surface area (Å²) in [6.45, 7) is -0.434. The third-order valence-electron chi connectivity index (χ3n) is 7.92. The number of carbonyl (C=O) groups is 2. The van der Waals surface area contributed by atoms with E-state index < -0.39 is 28.5 Å². The van der Waals surface area contributed by atoms with Crippen molar-refractivity contribution < 1.29 is 18.0 Å². The lowest BCUT2D eigenvalue weighted by molar-refractivity contribution is -0.140. The van der Waals surface area contributed by atoms with Crippen LogP contribution in [0, 0.1) is 0 Å². The molecular formula is C35H35BrClN3O4S. The van der Waals surface area contributed by atoms with E-state index in [-0.39, 0.29) is 35.5 Å². The first-order chi connectivity index (χ1) is 21.7. The lowest BCUT2D eigenvalue weighted by Gasteiger charge is -2.34. The number of nitrogens with one attached hydrogen (secondary N) is 1. The van der Waals surface area contributed by atoms with E-state index >= 15 is 0 Å². The van der Waals surface area contributed by atoms with Crippen LogP contribution in [0.1, 0.15) is 36.8 Å². The summed E-state index contributed by atoms with van der Waals surface area (Å²) >= 11 is 9.81. The standard InChI is InChI=1S/C35H35BrClN3O4S/c36-28-14-9-13-27(21-28)24-39(33(22-26-11-3-1-4-12-26)35(42)38-30-16-7-8-17-30)34(41)25-40(31-18-10-15-29(37)23-31)45(43,44)32-19-5-2-6-20-32/h1-6,9-15,18-21,23,30,33H,7-8,16-17,22,24-25H2,(H,38,42)/t33-/m0/s1. The Labute approximate surface area is 278 Å². The molecule has 4 aromatic rings. The number of hydrogen-bond donors (Lipinski definition) is 1. The molecule has 7 nitrogen and oxygen atoms in total. The first-order valence-corrected chi connectivity index (χ1v) is 17.5. The zero-order chi connectivity index (χ0) is 31.8. The number of hydrogen-bond acceptors (Lipinski definition) is 4. The van der Waals surface area contributed by atoms with Crippen molar-refractivity contribution in [1.29, 1.82) is 0 Å². The zero-order valence-electron chi connectivity index (χ0n) is 24.7. The van der Waals surface area contributed by atoms with Gasteiger partial charge in [-0.25, -0.2) is 8.42 Å². The SMILES string of the molecule is O=C(NC1CCCC1)[C@H](Cc1ccccc1)N(Cc1cccc(Br)c1)C(=O)CN(c1cccc(Cl)c1)S(=O)(=O)c1ccccc1. The van der Waals surface area contributed by atoms with Crippen LogP contribution in [0.5, 0.6) is 0 Å². The van der Waals surface area contributed by atoms with E-state index in [2.05, 4.69) is 21.2 Å². The van der Waals surface area contributed by atoms with Gasteiger partial charge in [-0.3, -0.25) is 13.9 Å². The molecule has 0 saturated heterocycles. The molecule has 1 aliphatic carbocycles. The van der Waals surface area contributed by atoms with Gasteiger partial charge in [-0.15, -0.1) is 0 Å². The molecule has 0 spiro atoms. The second-order valence-electron chi connectivity index (χ2n) is 11.2. The van der Waals surface area contributed by atoms with E-state index in [9.17, 15) is 18.0 Å². The molecule has 0 aromatic heterocycles. The fourth-order valence-corrected chi connectivity index (χ4v) is 7.69. The number of carbonyl (C=O) groups excluding carboxylic acids is 2. The maximum atomic E-state index is 14.5. The summed E-state index contributed by atoms with van der Waals surface area (Å²) < 4.78 is 30.0. The molecule has 2 amide bonds. The summed E-state index contributed by atoms with van der Waals surface area (Å²) in [4.78, 5) is 30.2. The Bertz CT molecular complexity index is 1720. The van der Waals surface area contributed by atoms with Crippen LogP contribution in [0.2, 0.25) is 5.02 Å². The molecule has 4 aromatic carbocycles. The third-order valence-corrected chi connectivity index (χ3v) is 10.4. The van der Waals surface area contributed by atoms with Crippen molar-refractivity contribution in [3.8, 4) is 0 Å². The van der Waals surface area contributed by atoms with Gasteiger partial charge in [-0.05, 0) is 66.4 Å². The highest BCUT2D eigenvalue weighted by Gasteiger charge is 2.35. The van der Waals surface area contributed by atoms with Crippen LogP contribution in [0.3, 0.4) is 0 Å². The minimum absolute atomic E-state index is 0.0381. The average Bonchev–Trinajstić information content (AvgIpc) is 3.55. The van der Waals surface area contributed by atoms with Crippen molar-refractivity contribution in [1.82, 2.24) is 10.2 Å². The summed E-state index contributed by atoms with van der Waals surface area (Å²) in [5.41, 5.74) is 1.93. The maximum Gasteiger partial charge on any atom is 0.264 e. The van der Waals surface area contributed by atoms with Crippen LogP contribution in [-0.4, -0.2) is 43.8 Å². The second-order valence-corrected chi connectivity index (χ2v) is 14.4. The van der Waals surface area contributed by atoms with Gasteiger partial charge in [0.15, 0.2) is 0 Å². The minimum Gasteiger partial charge on any atom is -0.352 e. The molecule has 10 heteroatoms. The fraction of sp³-hybridized carbons (Fsp3) is 0.257. The predicted octanol–water partition coefficient (Wildman–Crippen LogP) is 7.00. The summed E-state index contributed by atoms with van der Waals surface area (Å²) in [5, 5.41) is 3.52. The van der Waals surface area contributed by atoms with E-state index in [1.165, 1.54) is 23.1 Å². The molecule has 234 valence electrons. The first kappa shape index (κ1) is 32.7. The Hall–Kier alpha value is -3.66. The van der Waals surface area contributed by atoms with Gasteiger partial charge in [0.05, 0.1) is 10.6 Å². The highest BCUT2D eigenvalue weighted by atomic mass is 79.9. The van der Waals surface area contributed by atoms with E-state index in [1.807, 2.05) is 54.6 Å². The number of sulfonamides is 1. The van der Waals surface area contributed by atoms with Crippen molar-refractivity contribution in [2.45, 2.75) is 55.6 Å². The summed E-state index contributed by atoms with van der Waals surface area (Å²) in [5.74, 6) is -0.772. The van der Waals surface area contributed by atoms with Gasteiger partial charge in [0.25, 0.3) is 10.0 Å². The van der Waals surface area contributed by atoms with Crippen LogP contribution < -0.4 is 9.62 Å². The number of amides is 2. The third kappa shape index (κ3) is 8.54. The Morgan fingerprint density at radius 3 is 2.16 bits per heavy atom. The second kappa shape index (κ2) is 15.1. The molecule has 1 saturated carbocycles. The molecule has 5 rings (SSSR count). The number of halogens is 2. The van der Waals surface area contributed by atoms with Crippen molar-refractivity contribution >= 4 is 55.1 Å². The van der Waals surface area contributed by atoms with E-state index in [1.54, 1.807) is 36.4 Å². The van der Waals surface area contributed by atoms with Crippen LogP contribution in [0.15, 0.2) is 119 Å². The van der Waals surface area contributed by atoms with Crippen LogP contribution in [0.25, 0.3) is 0 Å². The van der Waals surface area contributed by atoms with Crippen molar-refractivity contribution in [3.05, 3.63) is 130 Å². The topological polar surface area (TPSA) is 86.8 Å². The lowest BCUT2D eigenvalue weighted by Crippen LogP contribution is -2.54. The Morgan fingerprint density at radius 2 is 1.49 bits per heavy atom. The normalized spacial score (nSPS) is 14.1. The highest BCUT2D eigenvalue weighted by Crippen LogP contribution is 2.27. The van der Waals surface area contributed by atoms with Gasteiger partial charge in [0, 0.05) is 28.5 Å². The lowest BCUT2D eigenvalue weighted by atomic mass is 10.0. The minimum atomic E-state index is -4.18. The van der Waals surface area contributed by atoms with Crippen LogP contribution in [-0.2, 0) is 32.6 Å². The van der Waals surface area contributed by atoms with Gasteiger partial charge >= 0.3 is 0 Å². The number of benzene rings is 4. The molecule has 45 heavy (non-hydrogen) atoms. The molecule has 0 heterocycles. The highest BCUT2D eigenvalue weighted by molar-refractivity contribution is 9.10. The van der Waals surface area contributed by atoms with Crippen molar-refractivity contribution in [2.24, 2.45) is 0 Å². The Balaban J connectivity index is 1.56. The van der Waals surface area contributed by atoms with Crippen molar-refractivity contribution in [2.75, 3.05) is 10.8 Å². The average molecular weight is 709 g/mol. The van der Waals surface area contributed by atoms with E-state index in [0.29, 0.717) is 5.02 Å². The van der Waals surface area contributed by atoms with Crippen LogP contribution in [0.4, 0.5) is 5.69 Å². The number of rotatable bonds is 12. The monoisotopic (exact) mass is 707 g/mol. The van der Waals surface area contributed by atoms with Gasteiger partial charge in [-0.1, -0.05) is 107 Å². The fourth-order valence-electron chi connectivity index (χ4n) is 5.63. The van der Waals surface area contributed by atoms with Crippen molar-refractivity contribution in [3.63, 3.8) is 0 Å². The van der Waals surface area contributed by atoms with Gasteiger partial charge in [0.2, 0.25) is 11.8 Å². The van der Waals surface area contributed by atoms with Crippen LogP contribution >= 0.6 is 27.5 Å². The molecule has 0 unspecified atom stereocenters. The quantitative estimate of drug-likeness (QED) is 0.172. The van der Waals surface area contributed by atoms with Gasteiger partial charge in [0.1, 0.15) is 12.6 Å². The molecular weight excluding hydrogens is 674 g/mol. The Kier molecular flexibility index (Phi) is 11.0. The van der Waals surface area contributed by atoms with Gasteiger partial charge in [-0.2, -0.15) is 0 Å².